The molecule has 0 N–H and O–H groups in total. The van der Waals surface area contributed by atoms with E-state index in [1.807, 2.05) is 18.2 Å². The van der Waals surface area contributed by atoms with E-state index in [0.717, 1.165) is 34.5 Å². The zero-order valence-corrected chi connectivity index (χ0v) is 24.8. The van der Waals surface area contributed by atoms with Gasteiger partial charge < -0.3 is 0 Å². The van der Waals surface area contributed by atoms with Gasteiger partial charge in [0.2, 0.25) is 0 Å². The minimum atomic E-state index is 0.710. The fourth-order valence-electron chi connectivity index (χ4n) is 6.43. The van der Waals surface area contributed by atoms with Gasteiger partial charge in [-0.25, -0.2) is 9.97 Å². The van der Waals surface area contributed by atoms with Gasteiger partial charge in [0.25, 0.3) is 0 Å². The summed E-state index contributed by atoms with van der Waals surface area (Å²) >= 11 is 0. The summed E-state index contributed by atoms with van der Waals surface area (Å²) in [5, 5.41) is 2.41. The van der Waals surface area contributed by atoms with Crippen molar-refractivity contribution in [1.82, 2.24) is 9.97 Å². The van der Waals surface area contributed by atoms with Crippen molar-refractivity contribution in [2.75, 3.05) is 0 Å². The summed E-state index contributed by atoms with van der Waals surface area (Å²) in [6, 6.07) is 53.4. The fraction of sp³-hybridized carbons (Fsp3) is 0.0233. The Hall–Kier alpha value is -5.86. The van der Waals surface area contributed by atoms with Gasteiger partial charge in [0.05, 0.1) is 11.4 Å². The van der Waals surface area contributed by atoms with Crippen LogP contribution in [0.3, 0.4) is 0 Å². The Labute approximate surface area is 263 Å². The van der Waals surface area contributed by atoms with Crippen molar-refractivity contribution in [1.29, 1.82) is 0 Å². The number of aromatic nitrogens is 2. The highest BCUT2D eigenvalue weighted by atomic mass is 14.9. The van der Waals surface area contributed by atoms with Crippen molar-refractivity contribution in [3.05, 3.63) is 181 Å². The molecule has 0 radical (unpaired) electrons. The van der Waals surface area contributed by atoms with Gasteiger partial charge in [0.1, 0.15) is 0 Å². The van der Waals surface area contributed by atoms with E-state index in [9.17, 15) is 0 Å². The number of hydrogen-bond donors (Lipinski definition) is 0. The lowest BCUT2D eigenvalue weighted by molar-refractivity contribution is 1.18. The molecule has 7 aromatic rings. The van der Waals surface area contributed by atoms with E-state index < -0.39 is 0 Å². The summed E-state index contributed by atoms with van der Waals surface area (Å²) in [5.41, 5.74) is 12.1. The summed E-state index contributed by atoms with van der Waals surface area (Å²) in [6.45, 7) is 0. The number of fused-ring (bicyclic) bond motifs is 2. The maximum Gasteiger partial charge on any atom is 0.160 e. The molecule has 212 valence electrons. The smallest absolute Gasteiger partial charge is 0.160 e. The van der Waals surface area contributed by atoms with E-state index in [-0.39, 0.29) is 0 Å². The lowest BCUT2D eigenvalue weighted by Crippen LogP contribution is -2.00. The van der Waals surface area contributed by atoms with Crippen LogP contribution in [0.25, 0.3) is 67.5 Å². The Balaban J connectivity index is 1.42. The second-order valence-electron chi connectivity index (χ2n) is 11.3. The van der Waals surface area contributed by atoms with E-state index in [1.54, 1.807) is 0 Å². The Morgan fingerprint density at radius 1 is 0.467 bits per heavy atom. The van der Waals surface area contributed by atoms with Gasteiger partial charge in [-0.2, -0.15) is 0 Å². The molecule has 0 unspecified atom stereocenters. The molecule has 45 heavy (non-hydrogen) atoms. The number of rotatable bonds is 5. The third-order valence-corrected chi connectivity index (χ3v) is 8.51. The average Bonchev–Trinajstić information content (AvgIpc) is 3.35. The maximum atomic E-state index is 5.27. The number of hydrogen-bond acceptors (Lipinski definition) is 2. The molecule has 0 amide bonds. The molecular weight excluding hydrogens is 544 g/mol. The summed E-state index contributed by atoms with van der Waals surface area (Å²) in [4.78, 5) is 10.5. The normalized spacial score (nSPS) is 12.4. The van der Waals surface area contributed by atoms with Crippen LogP contribution in [0.4, 0.5) is 0 Å². The minimum Gasteiger partial charge on any atom is -0.228 e. The van der Waals surface area contributed by atoms with Gasteiger partial charge in [0, 0.05) is 16.7 Å². The second-order valence-corrected chi connectivity index (χ2v) is 11.3. The highest BCUT2D eigenvalue weighted by molar-refractivity contribution is 6.04. The predicted molar refractivity (Wildman–Crippen MR) is 188 cm³/mol. The Morgan fingerprint density at radius 3 is 1.82 bits per heavy atom. The van der Waals surface area contributed by atoms with Gasteiger partial charge in [-0.1, -0.05) is 164 Å². The first-order chi connectivity index (χ1) is 22.3. The summed E-state index contributed by atoms with van der Waals surface area (Å²) in [7, 11) is 0. The third-order valence-electron chi connectivity index (χ3n) is 8.51. The molecular formula is C43H30N2. The van der Waals surface area contributed by atoms with Crippen molar-refractivity contribution in [3.63, 3.8) is 0 Å². The zero-order valence-electron chi connectivity index (χ0n) is 24.8. The fourth-order valence-corrected chi connectivity index (χ4v) is 6.43. The van der Waals surface area contributed by atoms with E-state index >= 15 is 0 Å². The van der Waals surface area contributed by atoms with Crippen LogP contribution >= 0.6 is 0 Å². The first-order valence-electron chi connectivity index (χ1n) is 15.4. The summed E-state index contributed by atoms with van der Waals surface area (Å²) in [5.74, 6) is 0.710. The van der Waals surface area contributed by atoms with Crippen LogP contribution in [0.2, 0.25) is 0 Å². The molecule has 0 atom stereocenters. The van der Waals surface area contributed by atoms with E-state index in [4.69, 9.17) is 9.97 Å². The van der Waals surface area contributed by atoms with Crippen molar-refractivity contribution in [3.8, 4) is 45.0 Å². The molecule has 0 saturated heterocycles. The van der Waals surface area contributed by atoms with Crippen LogP contribution in [0, 0.1) is 0 Å². The van der Waals surface area contributed by atoms with Gasteiger partial charge in [-0.15, -0.1) is 0 Å². The maximum absolute atomic E-state index is 5.27. The molecule has 2 heteroatoms. The minimum absolute atomic E-state index is 0.710. The molecule has 0 fully saturated rings. The molecule has 1 aliphatic rings. The van der Waals surface area contributed by atoms with Crippen LogP contribution in [-0.4, -0.2) is 9.97 Å². The molecule has 8 rings (SSSR count). The van der Waals surface area contributed by atoms with E-state index in [2.05, 4.69) is 152 Å². The largest absolute Gasteiger partial charge is 0.228 e. The lowest BCUT2D eigenvalue weighted by Gasteiger charge is -2.18. The van der Waals surface area contributed by atoms with Crippen LogP contribution in [0.5, 0.6) is 0 Å². The van der Waals surface area contributed by atoms with Gasteiger partial charge in [-0.05, 0) is 56.6 Å². The molecule has 0 saturated carbocycles. The topological polar surface area (TPSA) is 25.8 Å². The van der Waals surface area contributed by atoms with E-state index in [0.29, 0.717) is 5.82 Å². The molecule has 2 nitrogen and oxygen atoms in total. The Morgan fingerprint density at radius 2 is 1.09 bits per heavy atom. The SMILES string of the molecule is C1=Cc2cccc(-c3cc(-c4ccc5ccccc5c4-c4ccccc4)nc(-c4ccccc4)n3)c2C(c2ccccc2)=CC1. The molecule has 1 aliphatic carbocycles. The van der Waals surface area contributed by atoms with Crippen molar-refractivity contribution >= 4 is 22.4 Å². The van der Waals surface area contributed by atoms with Crippen LogP contribution < -0.4 is 0 Å². The van der Waals surface area contributed by atoms with Gasteiger partial charge in [0.15, 0.2) is 5.82 Å². The standard InChI is InChI=1S/C43H30N2/c1-4-15-30(16-5-1)35-24-13-11-20-33-23-14-26-37(41(33)35)39-29-40(45-43(44-39)34-21-8-3-9-22-34)38-28-27-31-17-10-12-25-36(31)42(38)32-18-6-2-7-19-32/h1-12,14-29H,13H2. The molecule has 6 aromatic carbocycles. The highest BCUT2D eigenvalue weighted by Crippen LogP contribution is 2.41. The monoisotopic (exact) mass is 574 g/mol. The van der Waals surface area contributed by atoms with Crippen molar-refractivity contribution in [2.24, 2.45) is 0 Å². The van der Waals surface area contributed by atoms with Crippen LogP contribution in [-0.2, 0) is 0 Å². The molecule has 0 spiro atoms. The van der Waals surface area contributed by atoms with Gasteiger partial charge in [-0.3, -0.25) is 0 Å². The third kappa shape index (κ3) is 5.07. The predicted octanol–water partition coefficient (Wildman–Crippen LogP) is 11.1. The van der Waals surface area contributed by atoms with Crippen LogP contribution in [0.1, 0.15) is 23.1 Å². The quantitative estimate of drug-likeness (QED) is 0.204. The zero-order chi connectivity index (χ0) is 30.0. The average molecular weight is 575 g/mol. The first kappa shape index (κ1) is 26.7. The number of nitrogens with zero attached hydrogens (tertiary/aromatic N) is 2. The molecule has 0 bridgehead atoms. The Bertz CT molecular complexity index is 2210. The lowest BCUT2D eigenvalue weighted by atomic mass is 9.88. The van der Waals surface area contributed by atoms with Crippen molar-refractivity contribution < 1.29 is 0 Å². The molecule has 1 aromatic heterocycles. The highest BCUT2D eigenvalue weighted by Gasteiger charge is 2.21. The van der Waals surface area contributed by atoms with Crippen LogP contribution in [0.15, 0.2) is 164 Å². The Kier molecular flexibility index (Phi) is 6.94. The summed E-state index contributed by atoms with van der Waals surface area (Å²) in [6.07, 6.45) is 7.68. The van der Waals surface area contributed by atoms with Crippen molar-refractivity contribution in [2.45, 2.75) is 6.42 Å². The molecule has 0 aliphatic heterocycles. The number of benzene rings is 6. The second kappa shape index (κ2) is 11.7. The molecule has 1 heterocycles. The van der Waals surface area contributed by atoms with E-state index in [1.165, 1.54) is 44.2 Å². The number of allylic oxidation sites excluding steroid dienone is 2. The van der Waals surface area contributed by atoms with Gasteiger partial charge >= 0.3 is 0 Å². The first-order valence-corrected chi connectivity index (χ1v) is 15.4. The summed E-state index contributed by atoms with van der Waals surface area (Å²) < 4.78 is 0.